The molecule has 0 unspecified atom stereocenters. The summed E-state index contributed by atoms with van der Waals surface area (Å²) >= 11 is 0. The molecule has 0 spiro atoms. The van der Waals surface area contributed by atoms with E-state index in [9.17, 15) is 18.1 Å². The van der Waals surface area contributed by atoms with E-state index in [1.165, 1.54) is 52.1 Å². The van der Waals surface area contributed by atoms with Crippen LogP contribution in [0.2, 0.25) is 0 Å². The highest BCUT2D eigenvalue weighted by molar-refractivity contribution is 7.89. The van der Waals surface area contributed by atoms with E-state index in [1.54, 1.807) is 12.1 Å². The van der Waals surface area contributed by atoms with Gasteiger partial charge in [-0.15, -0.1) is 5.10 Å². The highest BCUT2D eigenvalue weighted by Crippen LogP contribution is 2.22. The Hall–Kier alpha value is -4.15. The van der Waals surface area contributed by atoms with Crippen molar-refractivity contribution in [3.8, 4) is 17.4 Å². The van der Waals surface area contributed by atoms with E-state index < -0.39 is 15.8 Å². The maximum atomic E-state index is 13.2. The van der Waals surface area contributed by atoms with Crippen molar-refractivity contribution in [3.63, 3.8) is 0 Å². The van der Waals surface area contributed by atoms with Crippen molar-refractivity contribution < 1.29 is 12.8 Å². The van der Waals surface area contributed by atoms with Crippen molar-refractivity contribution >= 4 is 15.8 Å². The van der Waals surface area contributed by atoms with Gasteiger partial charge in [-0.1, -0.05) is 6.07 Å². The van der Waals surface area contributed by atoms with Crippen LogP contribution in [0.4, 0.5) is 10.2 Å². The lowest BCUT2D eigenvalue weighted by Crippen LogP contribution is -2.25. The highest BCUT2D eigenvalue weighted by Gasteiger charge is 2.18. The van der Waals surface area contributed by atoms with E-state index in [4.69, 9.17) is 5.73 Å². The second-order valence-electron chi connectivity index (χ2n) is 6.96. The smallest absolute Gasteiger partial charge is 0.240 e. The number of benzene rings is 2. The van der Waals surface area contributed by atoms with E-state index in [2.05, 4.69) is 25.3 Å². The van der Waals surface area contributed by atoms with Crippen molar-refractivity contribution in [1.82, 2.24) is 34.7 Å². The number of tetrazole rings is 1. The molecule has 2 aromatic carbocycles. The van der Waals surface area contributed by atoms with Gasteiger partial charge in [-0.25, -0.2) is 26.9 Å². The van der Waals surface area contributed by atoms with Crippen LogP contribution in [0.25, 0.3) is 11.4 Å². The first-order valence-corrected chi connectivity index (χ1v) is 11.2. The molecule has 168 valence electrons. The topological polar surface area (TPSA) is 157 Å². The Morgan fingerprint density at radius 3 is 2.64 bits per heavy atom. The number of aryl methyl sites for hydroxylation is 1. The normalized spacial score (nSPS) is 11.4. The molecule has 11 nitrogen and oxygen atoms in total. The second-order valence-corrected chi connectivity index (χ2v) is 8.73. The van der Waals surface area contributed by atoms with Gasteiger partial charge in [-0.3, -0.25) is 0 Å². The molecule has 0 aliphatic heterocycles. The Morgan fingerprint density at radius 2 is 1.94 bits per heavy atom. The molecule has 0 bridgehead atoms. The Bertz CT molecular complexity index is 1410. The van der Waals surface area contributed by atoms with Crippen LogP contribution >= 0.6 is 0 Å². The zero-order valence-corrected chi connectivity index (χ0v) is 17.9. The Morgan fingerprint density at radius 1 is 1.15 bits per heavy atom. The number of hydrogen-bond donors (Lipinski definition) is 2. The maximum Gasteiger partial charge on any atom is 0.240 e. The van der Waals surface area contributed by atoms with Gasteiger partial charge in [-0.05, 0) is 65.7 Å². The molecular formula is C20H18FN9O2S. The lowest BCUT2D eigenvalue weighted by molar-refractivity contribution is 0.578. The molecule has 0 radical (unpaired) electrons. The number of nitrogens with zero attached hydrogens (tertiary/aromatic N) is 7. The fraction of sp³-hybridized carbons (Fsp3) is 0.150. The van der Waals surface area contributed by atoms with Crippen molar-refractivity contribution in [2.24, 2.45) is 0 Å². The predicted molar refractivity (Wildman–Crippen MR) is 115 cm³/mol. The van der Waals surface area contributed by atoms with Crippen LogP contribution in [0.3, 0.4) is 0 Å². The largest absolute Gasteiger partial charge is 0.382 e. The van der Waals surface area contributed by atoms with Gasteiger partial charge in [0.05, 0.1) is 22.0 Å². The number of hydrogen-bond acceptors (Lipinski definition) is 8. The maximum absolute atomic E-state index is 13.2. The van der Waals surface area contributed by atoms with Crippen LogP contribution in [-0.4, -0.2) is 45.0 Å². The Balaban J connectivity index is 1.43. The minimum atomic E-state index is -3.78. The summed E-state index contributed by atoms with van der Waals surface area (Å²) in [7, 11) is -3.78. The summed E-state index contributed by atoms with van der Waals surface area (Å²) in [5.41, 5.74) is 7.70. The molecule has 2 heterocycles. The zero-order valence-electron chi connectivity index (χ0n) is 17.1. The van der Waals surface area contributed by atoms with E-state index in [-0.39, 0.29) is 22.8 Å². The standard InChI is InChI=1S/C20H18FN9O2S/c21-14-6-8-15(9-7-14)30-20(23)18(12-22)19(26-30)5-2-10-25-33(31,32)17-4-1-3-16(11-17)29-13-24-27-28-29/h1,3-4,6-9,11,13,25H,2,5,10,23H2. The molecule has 2 aromatic heterocycles. The van der Waals surface area contributed by atoms with Crippen LogP contribution in [0.15, 0.2) is 59.8 Å². The zero-order chi connectivity index (χ0) is 23.4. The molecule has 0 atom stereocenters. The first-order valence-electron chi connectivity index (χ1n) is 9.75. The third-order valence-electron chi connectivity index (χ3n) is 4.80. The predicted octanol–water partition coefficient (Wildman–Crippen LogP) is 1.35. The number of sulfonamides is 1. The Kier molecular flexibility index (Phi) is 6.11. The molecule has 0 saturated heterocycles. The first kappa shape index (κ1) is 22.1. The fourth-order valence-corrected chi connectivity index (χ4v) is 4.29. The van der Waals surface area contributed by atoms with Crippen molar-refractivity contribution in [1.29, 1.82) is 5.26 Å². The molecule has 0 fully saturated rings. The summed E-state index contributed by atoms with van der Waals surface area (Å²) in [4.78, 5) is 0.0676. The molecule has 4 aromatic rings. The van der Waals surface area contributed by atoms with Gasteiger partial charge in [0.1, 0.15) is 29.6 Å². The van der Waals surface area contributed by atoms with E-state index in [0.717, 1.165) is 0 Å². The van der Waals surface area contributed by atoms with Gasteiger partial charge in [0, 0.05) is 6.54 Å². The summed E-state index contributed by atoms with van der Waals surface area (Å²) in [6.07, 6.45) is 2.05. The number of anilines is 1. The minimum absolute atomic E-state index is 0.0676. The Labute approximate surface area is 188 Å². The number of nitriles is 1. The SMILES string of the molecule is N#Cc1c(CCCNS(=O)(=O)c2cccc(-n3cnnn3)c2)nn(-c2ccc(F)cc2)c1N. The lowest BCUT2D eigenvalue weighted by Gasteiger charge is -2.08. The van der Waals surface area contributed by atoms with Gasteiger partial charge in [0.25, 0.3) is 0 Å². The van der Waals surface area contributed by atoms with Crippen molar-refractivity contribution in [3.05, 3.63) is 71.9 Å². The molecular weight excluding hydrogens is 449 g/mol. The third kappa shape index (κ3) is 4.71. The van der Waals surface area contributed by atoms with Crippen molar-refractivity contribution in [2.45, 2.75) is 17.7 Å². The number of nitrogens with one attached hydrogen (secondary N) is 1. The molecule has 13 heteroatoms. The summed E-state index contributed by atoms with van der Waals surface area (Å²) in [5, 5.41) is 24.7. The number of nitrogen functional groups attached to an aromatic ring is 1. The first-order chi connectivity index (χ1) is 15.9. The number of rotatable bonds is 8. The van der Waals surface area contributed by atoms with Gasteiger partial charge < -0.3 is 5.73 Å². The van der Waals surface area contributed by atoms with Crippen LogP contribution in [0, 0.1) is 17.1 Å². The number of aromatic nitrogens is 6. The van der Waals surface area contributed by atoms with Crippen LogP contribution in [0.5, 0.6) is 0 Å². The molecule has 4 rings (SSSR count). The van der Waals surface area contributed by atoms with Crippen LogP contribution < -0.4 is 10.5 Å². The third-order valence-corrected chi connectivity index (χ3v) is 6.26. The number of halogens is 1. The summed E-state index contributed by atoms with van der Waals surface area (Å²) in [6, 6.07) is 13.8. The van der Waals surface area contributed by atoms with Gasteiger partial charge in [0.15, 0.2) is 0 Å². The van der Waals surface area contributed by atoms with Crippen molar-refractivity contribution in [2.75, 3.05) is 12.3 Å². The summed E-state index contributed by atoms with van der Waals surface area (Å²) < 4.78 is 43.8. The average molecular weight is 467 g/mol. The summed E-state index contributed by atoms with van der Waals surface area (Å²) in [5.74, 6) is -0.264. The van der Waals surface area contributed by atoms with Crippen LogP contribution in [-0.2, 0) is 16.4 Å². The van der Waals surface area contributed by atoms with E-state index in [1.807, 2.05) is 6.07 Å². The molecule has 33 heavy (non-hydrogen) atoms. The van der Waals surface area contributed by atoms with Crippen LogP contribution in [0.1, 0.15) is 17.7 Å². The molecule has 0 aliphatic rings. The monoisotopic (exact) mass is 467 g/mol. The van der Waals surface area contributed by atoms with Gasteiger partial charge in [0.2, 0.25) is 10.0 Å². The minimum Gasteiger partial charge on any atom is -0.382 e. The molecule has 0 amide bonds. The second kappa shape index (κ2) is 9.15. The van der Waals surface area contributed by atoms with E-state index >= 15 is 0 Å². The quantitative estimate of drug-likeness (QED) is 0.368. The fourth-order valence-electron chi connectivity index (χ4n) is 3.17. The molecule has 0 saturated carbocycles. The van der Waals surface area contributed by atoms with Gasteiger partial charge in [-0.2, -0.15) is 10.4 Å². The number of nitrogens with two attached hydrogens (primary N) is 1. The lowest BCUT2D eigenvalue weighted by atomic mass is 10.1. The van der Waals surface area contributed by atoms with E-state index in [0.29, 0.717) is 29.9 Å². The highest BCUT2D eigenvalue weighted by atomic mass is 32.2. The molecule has 3 N–H and O–H groups in total. The molecule has 0 aliphatic carbocycles. The van der Waals surface area contributed by atoms with Gasteiger partial charge >= 0.3 is 0 Å². The summed E-state index contributed by atoms with van der Waals surface area (Å²) in [6.45, 7) is 0.117. The average Bonchev–Trinajstić information content (AvgIpc) is 3.46.